The van der Waals surface area contributed by atoms with E-state index >= 15 is 0 Å². The second kappa shape index (κ2) is 7.36. The fourth-order valence-electron chi connectivity index (χ4n) is 4.11. The Morgan fingerprint density at radius 3 is 2.57 bits per heavy atom. The number of nitrogens with one attached hydrogen (secondary N) is 1. The third-order valence-electron chi connectivity index (χ3n) is 6.06. The van der Waals surface area contributed by atoms with Crippen molar-refractivity contribution in [3.05, 3.63) is 41.3 Å². The summed E-state index contributed by atoms with van der Waals surface area (Å²) in [4.78, 5) is 27.1. The van der Waals surface area contributed by atoms with Crippen molar-refractivity contribution < 1.29 is 4.79 Å². The van der Waals surface area contributed by atoms with E-state index in [9.17, 15) is 4.79 Å². The molecule has 0 atom stereocenters. The predicted molar refractivity (Wildman–Crippen MR) is 117 cm³/mol. The first-order valence-electron chi connectivity index (χ1n) is 10.5. The molecular weight excluding hydrogens is 378 g/mol. The maximum atomic E-state index is 13.2. The number of pyridine rings is 2. The van der Waals surface area contributed by atoms with Crippen molar-refractivity contribution in [3.8, 4) is 0 Å². The molecule has 4 heterocycles. The van der Waals surface area contributed by atoms with Gasteiger partial charge in [0.2, 0.25) is 0 Å². The largest absolute Gasteiger partial charge is 0.354 e. The highest BCUT2D eigenvalue weighted by Gasteiger charge is 2.28. The van der Waals surface area contributed by atoms with Gasteiger partial charge in [-0.05, 0) is 45.0 Å². The predicted octanol–water partition coefficient (Wildman–Crippen LogP) is 2.55. The van der Waals surface area contributed by atoms with Gasteiger partial charge in [-0.1, -0.05) is 0 Å². The molecule has 8 nitrogen and oxygen atoms in total. The highest BCUT2D eigenvalue weighted by atomic mass is 16.1. The Hall–Kier alpha value is -3.00. The molecule has 2 fully saturated rings. The number of hydrogen-bond donors (Lipinski definition) is 1. The zero-order valence-electron chi connectivity index (χ0n) is 17.7. The second-order valence-corrected chi connectivity index (χ2v) is 8.43. The van der Waals surface area contributed by atoms with Gasteiger partial charge < -0.3 is 15.1 Å². The third-order valence-corrected chi connectivity index (χ3v) is 6.06. The van der Waals surface area contributed by atoms with E-state index in [1.54, 1.807) is 10.9 Å². The van der Waals surface area contributed by atoms with E-state index in [0.717, 1.165) is 67.3 Å². The molecule has 1 amide bonds. The van der Waals surface area contributed by atoms with E-state index in [-0.39, 0.29) is 5.91 Å². The van der Waals surface area contributed by atoms with Crippen molar-refractivity contribution in [2.24, 2.45) is 7.05 Å². The maximum Gasteiger partial charge on any atom is 0.256 e. The van der Waals surface area contributed by atoms with Crippen LogP contribution in [0.15, 0.2) is 24.4 Å². The summed E-state index contributed by atoms with van der Waals surface area (Å²) < 4.78 is 1.76. The van der Waals surface area contributed by atoms with Crippen LogP contribution in [0.25, 0.3) is 11.0 Å². The molecule has 156 valence electrons. The van der Waals surface area contributed by atoms with E-state index in [2.05, 4.69) is 32.2 Å². The molecule has 3 aromatic heterocycles. The SMILES string of the molecule is Cc1nn(C)c2nc(C3CC3)cc(C(=O)Nc3ccc(N4CCN(C)CC4)nc3)c12. The summed E-state index contributed by atoms with van der Waals surface area (Å²) in [5.41, 5.74) is 3.90. The topological polar surface area (TPSA) is 79.2 Å². The minimum Gasteiger partial charge on any atom is -0.354 e. The van der Waals surface area contributed by atoms with Crippen molar-refractivity contribution in [2.45, 2.75) is 25.7 Å². The highest BCUT2D eigenvalue weighted by Crippen LogP contribution is 2.40. The summed E-state index contributed by atoms with van der Waals surface area (Å²) in [7, 11) is 4.01. The lowest BCUT2D eigenvalue weighted by Gasteiger charge is -2.33. The zero-order chi connectivity index (χ0) is 20.8. The Bertz CT molecular complexity index is 1090. The van der Waals surface area contributed by atoms with Gasteiger partial charge in [-0.15, -0.1) is 0 Å². The Morgan fingerprint density at radius 1 is 1.13 bits per heavy atom. The van der Waals surface area contributed by atoms with Crippen LogP contribution in [0.1, 0.15) is 40.5 Å². The Morgan fingerprint density at radius 2 is 1.90 bits per heavy atom. The highest BCUT2D eigenvalue weighted by molar-refractivity contribution is 6.12. The van der Waals surface area contributed by atoms with Crippen molar-refractivity contribution in [2.75, 3.05) is 43.4 Å². The van der Waals surface area contributed by atoms with E-state index in [0.29, 0.717) is 17.2 Å². The van der Waals surface area contributed by atoms with Crippen LogP contribution in [0, 0.1) is 6.92 Å². The van der Waals surface area contributed by atoms with Gasteiger partial charge in [0.25, 0.3) is 5.91 Å². The summed E-state index contributed by atoms with van der Waals surface area (Å²) in [5, 5.41) is 8.32. The van der Waals surface area contributed by atoms with Gasteiger partial charge in [0.05, 0.1) is 28.5 Å². The van der Waals surface area contributed by atoms with Crippen molar-refractivity contribution in [1.29, 1.82) is 0 Å². The van der Waals surface area contributed by atoms with E-state index in [1.807, 2.05) is 32.2 Å². The molecule has 5 rings (SSSR count). The number of carbonyl (C=O) groups excluding carboxylic acids is 1. The number of aromatic nitrogens is 4. The molecule has 8 heteroatoms. The number of likely N-dealkylation sites (N-methyl/N-ethyl adjacent to an activating group) is 1. The molecule has 1 saturated heterocycles. The fourth-order valence-corrected chi connectivity index (χ4v) is 4.11. The van der Waals surface area contributed by atoms with Gasteiger partial charge in [0.1, 0.15) is 5.82 Å². The first-order chi connectivity index (χ1) is 14.5. The number of anilines is 2. The molecule has 0 aromatic carbocycles. The molecule has 0 unspecified atom stereocenters. The molecule has 1 N–H and O–H groups in total. The monoisotopic (exact) mass is 405 g/mol. The van der Waals surface area contributed by atoms with Gasteiger partial charge in [-0.25, -0.2) is 9.97 Å². The lowest BCUT2D eigenvalue weighted by atomic mass is 10.1. The first kappa shape index (κ1) is 19.0. The number of fused-ring (bicyclic) bond motifs is 1. The molecule has 0 spiro atoms. The van der Waals surface area contributed by atoms with Crippen molar-refractivity contribution >= 4 is 28.4 Å². The van der Waals surface area contributed by atoms with Crippen LogP contribution in [0.2, 0.25) is 0 Å². The van der Waals surface area contributed by atoms with Crippen LogP contribution in [0.5, 0.6) is 0 Å². The molecule has 1 aliphatic heterocycles. The van der Waals surface area contributed by atoms with Gasteiger partial charge >= 0.3 is 0 Å². The lowest BCUT2D eigenvalue weighted by Crippen LogP contribution is -2.44. The van der Waals surface area contributed by atoms with Crippen LogP contribution in [0.4, 0.5) is 11.5 Å². The molecule has 0 bridgehead atoms. The average Bonchev–Trinajstić information content (AvgIpc) is 3.55. The van der Waals surface area contributed by atoms with Gasteiger partial charge in [0, 0.05) is 44.8 Å². The number of hydrogen-bond acceptors (Lipinski definition) is 6. The zero-order valence-corrected chi connectivity index (χ0v) is 17.7. The molecular formula is C22H27N7O. The number of carbonyl (C=O) groups is 1. The van der Waals surface area contributed by atoms with Gasteiger partial charge in [0.15, 0.2) is 5.65 Å². The summed E-state index contributed by atoms with van der Waals surface area (Å²) >= 11 is 0. The van der Waals surface area contributed by atoms with E-state index in [4.69, 9.17) is 4.98 Å². The maximum absolute atomic E-state index is 13.2. The van der Waals surface area contributed by atoms with Crippen molar-refractivity contribution in [1.82, 2.24) is 24.6 Å². The minimum absolute atomic E-state index is 0.144. The van der Waals surface area contributed by atoms with Gasteiger partial charge in [-0.2, -0.15) is 5.10 Å². The van der Waals surface area contributed by atoms with E-state index < -0.39 is 0 Å². The Balaban J connectivity index is 1.39. The lowest BCUT2D eigenvalue weighted by molar-refractivity contribution is 0.102. The van der Waals surface area contributed by atoms with Gasteiger partial charge in [-0.3, -0.25) is 9.48 Å². The number of rotatable bonds is 4. The summed E-state index contributed by atoms with van der Waals surface area (Å²) in [5.74, 6) is 1.27. The Labute approximate surface area is 175 Å². The number of amides is 1. The van der Waals surface area contributed by atoms with Crippen LogP contribution >= 0.6 is 0 Å². The third kappa shape index (κ3) is 3.52. The normalized spacial score (nSPS) is 17.5. The molecule has 2 aliphatic rings. The fraction of sp³-hybridized carbons (Fsp3) is 0.455. The standard InChI is InChI=1S/C22H27N7O/c1-14-20-17(12-18(15-4-5-15)25-21(20)28(3)26-14)22(30)24-16-6-7-19(23-13-16)29-10-8-27(2)9-11-29/h6-7,12-13,15H,4-5,8-11H2,1-3H3,(H,24,30). The Kier molecular flexibility index (Phi) is 4.66. The smallest absolute Gasteiger partial charge is 0.256 e. The molecule has 1 saturated carbocycles. The number of aryl methyl sites for hydroxylation is 2. The quantitative estimate of drug-likeness (QED) is 0.719. The van der Waals surface area contributed by atoms with Crippen LogP contribution in [0.3, 0.4) is 0 Å². The minimum atomic E-state index is -0.144. The average molecular weight is 406 g/mol. The van der Waals surface area contributed by atoms with Crippen molar-refractivity contribution in [3.63, 3.8) is 0 Å². The number of piperazine rings is 1. The summed E-state index contributed by atoms with van der Waals surface area (Å²) in [6.45, 7) is 5.92. The van der Waals surface area contributed by atoms with Crippen LogP contribution in [-0.2, 0) is 7.05 Å². The summed E-state index contributed by atoms with van der Waals surface area (Å²) in [6.07, 6.45) is 4.00. The number of nitrogens with zero attached hydrogens (tertiary/aromatic N) is 6. The molecule has 1 aliphatic carbocycles. The molecule has 30 heavy (non-hydrogen) atoms. The second-order valence-electron chi connectivity index (χ2n) is 8.43. The van der Waals surface area contributed by atoms with Crippen LogP contribution in [-0.4, -0.2) is 63.8 Å². The van der Waals surface area contributed by atoms with Crippen LogP contribution < -0.4 is 10.2 Å². The first-order valence-corrected chi connectivity index (χ1v) is 10.5. The van der Waals surface area contributed by atoms with E-state index in [1.165, 1.54) is 0 Å². The summed E-state index contributed by atoms with van der Waals surface area (Å²) in [6, 6.07) is 5.85. The molecule has 0 radical (unpaired) electrons. The molecule has 3 aromatic rings.